The van der Waals surface area contributed by atoms with E-state index in [1.54, 1.807) is 18.3 Å². The van der Waals surface area contributed by atoms with Crippen LogP contribution in [0.15, 0.2) is 69.4 Å². The number of aliphatic hydroxyl groups is 4. The van der Waals surface area contributed by atoms with E-state index in [0.29, 0.717) is 70.6 Å². The van der Waals surface area contributed by atoms with E-state index in [-0.39, 0.29) is 102 Å². The Bertz CT molecular complexity index is 4850. The molecule has 6 heterocycles. The molecule has 39 heteroatoms. The summed E-state index contributed by atoms with van der Waals surface area (Å²) in [5.74, 6) is 6.92. The number of benzene rings is 3. The average Bonchev–Trinajstić information content (AvgIpc) is 1.56. The minimum Gasteiger partial charge on any atom is -0.496 e. The molecular formula is C79H110I2N12O24Si. The van der Waals surface area contributed by atoms with E-state index in [1.165, 1.54) is 78.6 Å². The summed E-state index contributed by atoms with van der Waals surface area (Å²) in [6.07, 6.45) is -1.92. The molecule has 118 heavy (non-hydrogen) atoms. The molecule has 3 aliphatic rings. The molecule has 9 rings (SSSR count). The van der Waals surface area contributed by atoms with Gasteiger partial charge in [-0.2, -0.15) is 15.0 Å². The van der Waals surface area contributed by atoms with Gasteiger partial charge in [0.1, 0.15) is 71.4 Å². The number of halogens is 2. The van der Waals surface area contributed by atoms with Gasteiger partial charge in [0, 0.05) is 85.6 Å². The number of nitrogens with zero attached hydrogens (tertiary/aromatic N) is 9. The van der Waals surface area contributed by atoms with Crippen molar-refractivity contribution in [1.29, 1.82) is 0 Å². The summed E-state index contributed by atoms with van der Waals surface area (Å²) in [6, 6.07) is 9.02. The molecule has 648 valence electrons. The summed E-state index contributed by atoms with van der Waals surface area (Å²) in [6.45, 7) is 30.4. The van der Waals surface area contributed by atoms with E-state index in [9.17, 15) is 69.9 Å². The highest BCUT2D eigenvalue weighted by atomic mass is 127. The van der Waals surface area contributed by atoms with Crippen LogP contribution in [-0.4, -0.2) is 149 Å². The number of nitro benzene ring substituents is 3. The molecule has 3 aromatic heterocycles. The van der Waals surface area contributed by atoms with Crippen molar-refractivity contribution in [2.75, 3.05) is 51.7 Å². The average molecular weight is 1890 g/mol. The minimum atomic E-state index is -2.07. The van der Waals surface area contributed by atoms with Crippen LogP contribution in [0.25, 0.3) is 0 Å². The van der Waals surface area contributed by atoms with Crippen LogP contribution in [-0.2, 0) is 57.5 Å². The van der Waals surface area contributed by atoms with Crippen molar-refractivity contribution in [3.63, 3.8) is 0 Å². The Balaban J connectivity index is 0.000000245. The van der Waals surface area contributed by atoms with Crippen LogP contribution < -0.4 is 48.5 Å². The second-order valence-electron chi connectivity index (χ2n) is 33.6. The third kappa shape index (κ3) is 24.1. The van der Waals surface area contributed by atoms with Crippen LogP contribution in [0.4, 0.5) is 34.5 Å². The number of aromatic nitrogens is 6. The van der Waals surface area contributed by atoms with Crippen LogP contribution in [0, 0.1) is 65.6 Å². The second-order valence-corrected chi connectivity index (χ2v) is 40.7. The quantitative estimate of drug-likeness (QED) is 0.00788. The number of aliphatic hydroxyl groups excluding tert-OH is 4. The fraction of sp³-hybridized carbons (Fsp3) is 0.582. The predicted octanol–water partition coefficient (Wildman–Crippen LogP) is 11.4. The van der Waals surface area contributed by atoms with Gasteiger partial charge in [-0.25, -0.2) is 14.4 Å². The Labute approximate surface area is 712 Å². The normalized spacial score (nSPS) is 20.3. The number of nitrogens with two attached hydrogens (primary N) is 3. The zero-order valence-corrected chi connectivity index (χ0v) is 75.2. The van der Waals surface area contributed by atoms with Gasteiger partial charge < -0.3 is 84.7 Å². The number of nitro groups is 3. The number of rotatable bonds is 28. The first kappa shape index (κ1) is 96.9. The summed E-state index contributed by atoms with van der Waals surface area (Å²) in [4.78, 5) is 95.5. The predicted molar refractivity (Wildman–Crippen MR) is 455 cm³/mol. The van der Waals surface area contributed by atoms with E-state index >= 15 is 0 Å². The second kappa shape index (κ2) is 40.4. The van der Waals surface area contributed by atoms with Crippen LogP contribution in [0.2, 0.25) is 18.1 Å². The van der Waals surface area contributed by atoms with Crippen molar-refractivity contribution in [2.24, 2.45) is 16.2 Å². The molecule has 0 amide bonds. The molecule has 0 aliphatic carbocycles. The first-order valence-corrected chi connectivity index (χ1v) is 43.1. The summed E-state index contributed by atoms with van der Waals surface area (Å²) in [7, 11) is 2.36. The third-order valence-electron chi connectivity index (χ3n) is 20.5. The highest BCUT2D eigenvalue weighted by Crippen LogP contribution is 2.48. The molecule has 3 unspecified atom stereocenters. The van der Waals surface area contributed by atoms with Crippen LogP contribution >= 0.6 is 45.2 Å². The number of nitrogen functional groups attached to an aromatic ring is 3. The fourth-order valence-electron chi connectivity index (χ4n) is 13.3. The molecule has 0 bridgehead atoms. The smallest absolute Gasteiger partial charge is 0.351 e. The van der Waals surface area contributed by atoms with Crippen molar-refractivity contribution >= 4 is 93.8 Å². The third-order valence-corrected chi connectivity index (χ3v) is 26.7. The van der Waals surface area contributed by atoms with Gasteiger partial charge in [0.25, 0.3) is 17.1 Å². The highest BCUT2D eigenvalue weighted by Gasteiger charge is 2.46. The molecule has 0 radical (unpaired) electrons. The van der Waals surface area contributed by atoms with Gasteiger partial charge in [-0.05, 0) is 111 Å². The lowest BCUT2D eigenvalue weighted by Gasteiger charge is -2.39. The highest BCUT2D eigenvalue weighted by molar-refractivity contribution is 14.1. The lowest BCUT2D eigenvalue weighted by molar-refractivity contribution is -0.386. The van der Waals surface area contributed by atoms with Gasteiger partial charge in [0.2, 0.25) is 0 Å². The maximum atomic E-state index is 13.0. The monoisotopic (exact) mass is 1890 g/mol. The lowest BCUT2D eigenvalue weighted by atomic mass is 9.83. The number of hydrogen-bond donors (Lipinski definition) is 7. The Morgan fingerprint density at radius 1 is 0.576 bits per heavy atom. The number of ketones is 1. The lowest BCUT2D eigenvalue weighted by Crippen LogP contribution is -2.45. The number of anilines is 3. The fourth-order valence-corrected chi connectivity index (χ4v) is 16.0. The van der Waals surface area contributed by atoms with Crippen molar-refractivity contribution in [3.05, 3.63) is 163 Å². The number of ether oxygens (including phenoxy) is 9. The zero-order valence-electron chi connectivity index (χ0n) is 69.9. The molecule has 10 N–H and O–H groups in total. The molecule has 12 atom stereocenters. The molecular weight excluding hydrogens is 1780 g/mol. The minimum absolute atomic E-state index is 0.00766. The number of Topliss-reactive ketones (excluding diaryl/α,β-unsaturated/α-hetero) is 1. The Morgan fingerprint density at radius 3 is 1.20 bits per heavy atom. The topological polar surface area (TPSA) is 502 Å². The van der Waals surface area contributed by atoms with Gasteiger partial charge in [0.05, 0.1) is 141 Å². The molecule has 0 saturated carbocycles. The van der Waals surface area contributed by atoms with E-state index < -0.39 is 131 Å². The van der Waals surface area contributed by atoms with Gasteiger partial charge in [-0.15, -0.1) is 0 Å². The van der Waals surface area contributed by atoms with E-state index in [2.05, 4.69) is 60.7 Å². The number of hydrogen-bond acceptors (Lipinski definition) is 30. The molecule has 36 nitrogen and oxygen atoms in total. The van der Waals surface area contributed by atoms with Crippen molar-refractivity contribution in [2.45, 2.75) is 247 Å². The summed E-state index contributed by atoms with van der Waals surface area (Å²) < 4.78 is 64.3. The first-order chi connectivity index (χ1) is 54.9. The molecule has 3 fully saturated rings. The van der Waals surface area contributed by atoms with Gasteiger partial charge in [-0.3, -0.25) is 48.8 Å². The molecule has 6 aromatic rings. The van der Waals surface area contributed by atoms with Crippen molar-refractivity contribution in [3.8, 4) is 29.1 Å². The Morgan fingerprint density at radius 2 is 0.907 bits per heavy atom. The zero-order chi connectivity index (χ0) is 88.3. The van der Waals surface area contributed by atoms with Crippen molar-refractivity contribution < 1.29 is 87.0 Å². The van der Waals surface area contributed by atoms with Crippen LogP contribution in [0.1, 0.15) is 211 Å². The summed E-state index contributed by atoms with van der Waals surface area (Å²) in [5, 5.41) is 74.8. The summed E-state index contributed by atoms with van der Waals surface area (Å²) >= 11 is 3.98. The van der Waals surface area contributed by atoms with Crippen molar-refractivity contribution in [1.82, 2.24) is 28.7 Å². The molecule has 3 aliphatic heterocycles. The van der Waals surface area contributed by atoms with Crippen LogP contribution in [0.3, 0.4) is 0 Å². The number of carbonyl (C=O) groups is 1. The molecule has 3 aromatic carbocycles. The maximum absolute atomic E-state index is 13.0. The van der Waals surface area contributed by atoms with Gasteiger partial charge in [0.15, 0.2) is 8.32 Å². The van der Waals surface area contributed by atoms with E-state index in [0.717, 1.165) is 6.42 Å². The summed E-state index contributed by atoms with van der Waals surface area (Å²) in [5.41, 5.74) is 16.6. The van der Waals surface area contributed by atoms with E-state index in [1.807, 2.05) is 114 Å². The largest absolute Gasteiger partial charge is 0.496 e. The van der Waals surface area contributed by atoms with E-state index in [4.69, 9.17) is 64.3 Å². The van der Waals surface area contributed by atoms with Crippen LogP contribution in [0.5, 0.6) is 17.2 Å². The molecule has 3 saturated heterocycles. The molecule has 0 spiro atoms. The Hall–Kier alpha value is -8.23. The Kier molecular flexibility index (Phi) is 33.2. The standard InChI is InChI=1S/C29H45IN4O7Si.C28H36N4O9.C22H29IN4O8/c1-11-21-23(41-42(9,10)29(5,6)7)14-24(40-21)33-15-17(26(31)32-27(33)35)16-39-25(28(2,3)4)18-12-22(38-8)19(30)13-20(18)34(36)37;1-16(34)8-6-7-9-17-10-20(32(37)38)19(11-22(17)39-5)25(28(2,3)4)40-15-18-13-31(27(36)30-26(18)29)24-12-21(35)23(14-33)41-24;1-22(2,3)19(12-5-16(33-4)13(23)6-14(12)27(31)32)34-10-11-8-26(21(30)25-20(11)24)18-7-15(29)17(9-28)35-18/h12-13,15,21,23-25H,11,14,16H2,1-10H3,(H2,31,32,35);10-11,13,21,23-25,33,35H,6,8,12,14-15H2,1-5H3,(H2,29,30,36);5-6,8,15,17-19,28-29H,7,9-10H2,1-4H3,(H2,24,25,30)/t21-,23?,24-,25-;21?,23-,24-,25-;15?,17-,18-,19-/m111/s1. The first-order valence-electron chi connectivity index (χ1n) is 38.0. The number of methoxy groups -OCH3 is 3. The van der Waals surface area contributed by atoms with Gasteiger partial charge in [-0.1, -0.05) is 102 Å². The van der Waals surface area contributed by atoms with Gasteiger partial charge >= 0.3 is 17.1 Å². The number of carbonyl (C=O) groups excluding carboxylic acids is 1. The SMILES string of the molecule is CC[C@H]1O[C@@H](n2cc(CO[C@H](c3cc(OC)c(I)cc3[N+](=O)[O-])C(C)(C)C)c(N)nc2=O)CC1O[Si](C)(C)C(C)(C)C.COc1cc([C@@H](OCc2cn([C@H]3CC(O)[C@@H](CO)O3)c(=O)nc2N)C(C)(C)C)c([N+](=O)[O-])cc1C#CCCC(C)=O.COc1cc([C@@H](OCc2cn([C@H]3CC(O)[C@@H](CO)O3)c(=O)nc2N)C(C)(C)C)c([N+](=O)[O-])cc1I. The maximum Gasteiger partial charge on any atom is 0.351 e.